The summed E-state index contributed by atoms with van der Waals surface area (Å²) < 4.78 is 1.07. The van der Waals surface area contributed by atoms with Gasteiger partial charge >= 0.3 is 0 Å². The van der Waals surface area contributed by atoms with Gasteiger partial charge in [0.15, 0.2) is 5.13 Å². The molecule has 28 heavy (non-hydrogen) atoms. The molecule has 0 atom stereocenters. The summed E-state index contributed by atoms with van der Waals surface area (Å²) in [6.07, 6.45) is 6.08. The van der Waals surface area contributed by atoms with E-state index in [0.29, 0.717) is 6.54 Å². The number of nitrogens with one attached hydrogen (secondary N) is 2. The number of carbonyl (C=O) groups excluding carboxylic acids is 1. The highest BCUT2D eigenvalue weighted by Crippen LogP contribution is 2.35. The molecule has 148 valence electrons. The Bertz CT molecular complexity index is 910. The molecule has 2 heterocycles. The molecule has 2 N–H and O–H groups in total. The van der Waals surface area contributed by atoms with Crippen LogP contribution in [0.25, 0.3) is 9.53 Å². The van der Waals surface area contributed by atoms with E-state index in [-0.39, 0.29) is 11.4 Å². The van der Waals surface area contributed by atoms with Crippen molar-refractivity contribution in [1.82, 2.24) is 15.2 Å². The van der Waals surface area contributed by atoms with Gasteiger partial charge in [0, 0.05) is 17.8 Å². The van der Waals surface area contributed by atoms with Gasteiger partial charge in [-0.15, -0.1) is 11.3 Å². The Morgan fingerprint density at radius 2 is 1.89 bits per heavy atom. The molecule has 0 bridgehead atoms. The van der Waals surface area contributed by atoms with Crippen LogP contribution >= 0.6 is 22.7 Å². The summed E-state index contributed by atoms with van der Waals surface area (Å²) >= 11 is 3.11. The van der Waals surface area contributed by atoms with Crippen molar-refractivity contribution >= 4 is 48.9 Å². The second-order valence-corrected chi connectivity index (χ2v) is 9.97. The lowest BCUT2D eigenvalue weighted by molar-refractivity contribution is 0.0802. The lowest BCUT2D eigenvalue weighted by Gasteiger charge is -2.43. The molecule has 2 aromatic heterocycles. The minimum absolute atomic E-state index is 0.0135. The summed E-state index contributed by atoms with van der Waals surface area (Å²) in [5, 5.41) is 7.36. The Morgan fingerprint density at radius 1 is 1.14 bits per heavy atom. The van der Waals surface area contributed by atoms with E-state index in [9.17, 15) is 4.79 Å². The number of thiazole rings is 1. The fourth-order valence-corrected chi connectivity index (χ4v) is 5.98. The standard InChI is InChI=1S/C21H26N4OS2/c1-25(2)21(11-7-4-8-12-21)14-22-18(26)17-13-16-19(27-17)28-20(24-16)23-15-9-5-3-6-10-15/h3,5-6,9-10,13H,4,7-8,11-12,14H2,1-2H3,(H,22,26)(H,23,24). The quantitative estimate of drug-likeness (QED) is 0.589. The van der Waals surface area contributed by atoms with Gasteiger partial charge in [-0.1, -0.05) is 48.8 Å². The van der Waals surface area contributed by atoms with Crippen molar-refractivity contribution in [2.45, 2.75) is 37.6 Å². The summed E-state index contributed by atoms with van der Waals surface area (Å²) in [5.74, 6) is 0.0135. The van der Waals surface area contributed by atoms with Gasteiger partial charge in [0.1, 0.15) is 4.01 Å². The van der Waals surface area contributed by atoms with E-state index in [1.807, 2.05) is 36.4 Å². The van der Waals surface area contributed by atoms with Crippen LogP contribution in [0.5, 0.6) is 0 Å². The largest absolute Gasteiger partial charge is 0.349 e. The van der Waals surface area contributed by atoms with Crippen LogP contribution in [0.2, 0.25) is 0 Å². The summed E-state index contributed by atoms with van der Waals surface area (Å²) in [5.41, 5.74) is 2.00. The Kier molecular flexibility index (Phi) is 5.66. The van der Waals surface area contributed by atoms with Gasteiger partial charge in [-0.2, -0.15) is 0 Å². The summed E-state index contributed by atoms with van der Waals surface area (Å²) in [6.45, 7) is 0.707. The molecule has 1 saturated carbocycles. The molecular weight excluding hydrogens is 388 g/mol. The number of hydrogen-bond acceptors (Lipinski definition) is 6. The van der Waals surface area contributed by atoms with Crippen molar-refractivity contribution in [2.24, 2.45) is 0 Å². The first-order chi connectivity index (χ1) is 13.6. The number of carbonyl (C=O) groups is 1. The van der Waals surface area contributed by atoms with Crippen LogP contribution in [-0.4, -0.2) is 42.0 Å². The van der Waals surface area contributed by atoms with Crippen molar-refractivity contribution < 1.29 is 4.79 Å². The molecule has 1 amide bonds. The van der Waals surface area contributed by atoms with E-state index in [2.05, 4.69) is 34.6 Å². The Labute approximate surface area is 173 Å². The fraction of sp³-hybridized carbons (Fsp3) is 0.429. The van der Waals surface area contributed by atoms with E-state index < -0.39 is 0 Å². The molecule has 0 saturated heterocycles. The zero-order chi connectivity index (χ0) is 19.6. The molecule has 3 aromatic rings. The highest BCUT2D eigenvalue weighted by molar-refractivity contribution is 7.40. The molecule has 4 rings (SSSR count). The molecule has 1 aromatic carbocycles. The lowest BCUT2D eigenvalue weighted by atomic mass is 9.80. The first kappa shape index (κ1) is 19.4. The number of anilines is 2. The third-order valence-electron chi connectivity index (χ3n) is 5.65. The maximum atomic E-state index is 12.7. The van der Waals surface area contributed by atoms with Crippen molar-refractivity contribution in [3.63, 3.8) is 0 Å². The Hall–Kier alpha value is -1.96. The minimum atomic E-state index is 0.0135. The third-order valence-corrected chi connectivity index (χ3v) is 7.85. The molecule has 1 aliphatic carbocycles. The van der Waals surface area contributed by atoms with Crippen molar-refractivity contribution in [2.75, 3.05) is 26.0 Å². The van der Waals surface area contributed by atoms with Crippen molar-refractivity contribution in [1.29, 1.82) is 0 Å². The number of thiophene rings is 1. The summed E-state index contributed by atoms with van der Waals surface area (Å²) in [4.78, 5) is 20.4. The average molecular weight is 415 g/mol. The molecule has 0 spiro atoms. The SMILES string of the molecule is CN(C)C1(CNC(=O)c2cc3nc(Nc4ccccc4)sc3s2)CCCCC1. The zero-order valence-corrected chi connectivity index (χ0v) is 18.0. The number of likely N-dealkylation sites (N-methyl/N-ethyl adjacent to an activating group) is 1. The highest BCUT2D eigenvalue weighted by Gasteiger charge is 2.34. The number of nitrogens with zero attached hydrogens (tertiary/aromatic N) is 2. The second-order valence-electron chi connectivity index (χ2n) is 7.66. The van der Waals surface area contributed by atoms with Crippen LogP contribution in [0.4, 0.5) is 10.8 Å². The molecule has 1 fully saturated rings. The van der Waals surface area contributed by atoms with Crippen LogP contribution in [0.15, 0.2) is 36.4 Å². The number of amides is 1. The van der Waals surface area contributed by atoms with Gasteiger partial charge in [-0.05, 0) is 45.1 Å². The van der Waals surface area contributed by atoms with Crippen molar-refractivity contribution in [3.8, 4) is 0 Å². The maximum Gasteiger partial charge on any atom is 0.261 e. The van der Waals surface area contributed by atoms with Crippen LogP contribution in [0, 0.1) is 0 Å². The lowest BCUT2D eigenvalue weighted by Crippen LogP contribution is -2.53. The predicted octanol–water partition coefficient (Wildman–Crippen LogP) is 5.10. The molecule has 1 aliphatic rings. The normalized spacial score (nSPS) is 16.4. The maximum absolute atomic E-state index is 12.7. The summed E-state index contributed by atoms with van der Waals surface area (Å²) in [6, 6.07) is 11.9. The minimum Gasteiger partial charge on any atom is -0.349 e. The van der Waals surface area contributed by atoms with E-state index in [1.54, 1.807) is 11.3 Å². The average Bonchev–Trinajstić information content (AvgIpc) is 3.26. The van der Waals surface area contributed by atoms with E-state index in [0.717, 1.165) is 38.1 Å². The van der Waals surface area contributed by atoms with Gasteiger partial charge in [0.2, 0.25) is 0 Å². The van der Waals surface area contributed by atoms with E-state index in [1.165, 1.54) is 30.6 Å². The van der Waals surface area contributed by atoms with Gasteiger partial charge < -0.3 is 15.5 Å². The Morgan fingerprint density at radius 3 is 2.57 bits per heavy atom. The van der Waals surface area contributed by atoms with Crippen LogP contribution in [0.3, 0.4) is 0 Å². The molecule has 0 unspecified atom stereocenters. The van der Waals surface area contributed by atoms with Crippen LogP contribution in [0.1, 0.15) is 41.8 Å². The van der Waals surface area contributed by atoms with Crippen molar-refractivity contribution in [3.05, 3.63) is 41.3 Å². The first-order valence-electron chi connectivity index (χ1n) is 9.74. The highest BCUT2D eigenvalue weighted by atomic mass is 32.2. The smallest absolute Gasteiger partial charge is 0.261 e. The molecule has 0 aliphatic heterocycles. The van der Waals surface area contributed by atoms with Gasteiger partial charge in [0.05, 0.1) is 10.4 Å². The fourth-order valence-electron chi connectivity index (χ4n) is 3.87. The molecule has 5 nitrogen and oxygen atoms in total. The van der Waals surface area contributed by atoms with Gasteiger partial charge in [0.25, 0.3) is 5.91 Å². The predicted molar refractivity (Wildman–Crippen MR) is 119 cm³/mol. The van der Waals surface area contributed by atoms with E-state index in [4.69, 9.17) is 0 Å². The third kappa shape index (κ3) is 4.06. The molecule has 0 radical (unpaired) electrons. The van der Waals surface area contributed by atoms with Crippen LogP contribution in [-0.2, 0) is 0 Å². The van der Waals surface area contributed by atoms with E-state index >= 15 is 0 Å². The number of hydrogen-bond donors (Lipinski definition) is 2. The second kappa shape index (κ2) is 8.19. The molecule has 7 heteroatoms. The monoisotopic (exact) mass is 414 g/mol. The van der Waals surface area contributed by atoms with Gasteiger partial charge in [-0.25, -0.2) is 4.98 Å². The van der Waals surface area contributed by atoms with Gasteiger partial charge in [-0.3, -0.25) is 4.79 Å². The number of aromatic nitrogens is 1. The van der Waals surface area contributed by atoms with Crippen LogP contribution < -0.4 is 10.6 Å². The molecular formula is C21H26N4OS2. The topological polar surface area (TPSA) is 57.3 Å². The Balaban J connectivity index is 1.42. The number of benzene rings is 1. The number of para-hydroxylation sites is 1. The first-order valence-corrected chi connectivity index (χ1v) is 11.4. The summed E-state index contributed by atoms with van der Waals surface area (Å²) in [7, 11) is 4.26. The number of rotatable bonds is 6. The number of fused-ring (bicyclic) bond motifs is 1. The zero-order valence-electron chi connectivity index (χ0n) is 16.3.